The van der Waals surface area contributed by atoms with E-state index in [-0.39, 0.29) is 53.4 Å². The average molecular weight is 1120 g/mol. The highest BCUT2D eigenvalue weighted by Gasteiger charge is 2.24. The first-order chi connectivity index (χ1) is 33.3. The third kappa shape index (κ3) is 13.9. The molecule has 0 aliphatic carbocycles. The number of aromatic nitrogens is 6. The van der Waals surface area contributed by atoms with Gasteiger partial charge in [0.25, 0.3) is 60.7 Å². The van der Waals surface area contributed by atoms with Gasteiger partial charge in [0.2, 0.25) is 35.7 Å². The van der Waals surface area contributed by atoms with Crippen LogP contribution in [0.3, 0.4) is 0 Å². The van der Waals surface area contributed by atoms with Gasteiger partial charge in [-0.15, -0.1) is 0 Å². The van der Waals surface area contributed by atoms with Crippen molar-refractivity contribution in [3.8, 4) is 0 Å². The van der Waals surface area contributed by atoms with Crippen LogP contribution in [0.15, 0.2) is 102 Å². The van der Waals surface area contributed by atoms with Crippen LogP contribution in [-0.4, -0.2) is 121 Å². The lowest BCUT2D eigenvalue weighted by atomic mass is 10.1. The molecular formula is C36H36N12O18S6. The van der Waals surface area contributed by atoms with E-state index < -0.39 is 119 Å². The molecule has 0 fully saturated rings. The van der Waals surface area contributed by atoms with Crippen LogP contribution in [0.1, 0.15) is 25.0 Å². The Morgan fingerprint density at radius 3 is 1.19 bits per heavy atom. The average Bonchev–Trinajstić information content (AvgIpc) is 3.24. The fourth-order valence-corrected chi connectivity index (χ4v) is 9.70. The Balaban J connectivity index is 1.31. The summed E-state index contributed by atoms with van der Waals surface area (Å²) >= 11 is 0. The Hall–Kier alpha value is -7.10. The molecule has 36 heteroatoms. The van der Waals surface area contributed by atoms with Crippen molar-refractivity contribution in [2.75, 3.05) is 45.0 Å². The van der Waals surface area contributed by atoms with Crippen LogP contribution < -0.4 is 31.9 Å². The predicted octanol–water partition coefficient (Wildman–Crippen LogP) is 3.55. The summed E-state index contributed by atoms with van der Waals surface area (Å²) in [6, 6.07) is 10.9. The fraction of sp³-hybridized carbons (Fsp3) is 0.111. The lowest BCUT2D eigenvalue weighted by molar-refractivity contribution is 0.479. The van der Waals surface area contributed by atoms with Crippen LogP contribution in [0.25, 0.3) is 12.2 Å². The van der Waals surface area contributed by atoms with Crippen LogP contribution >= 0.6 is 0 Å². The second kappa shape index (κ2) is 20.6. The largest absolute Gasteiger partial charge is 0.354 e. The van der Waals surface area contributed by atoms with Crippen LogP contribution in [0, 0.1) is 0 Å². The van der Waals surface area contributed by atoms with E-state index in [1.165, 1.54) is 24.3 Å². The molecule has 2 heterocycles. The number of benzene rings is 4. The van der Waals surface area contributed by atoms with E-state index in [9.17, 15) is 77.8 Å². The van der Waals surface area contributed by atoms with Crippen LogP contribution in [0.4, 0.5) is 58.4 Å². The first-order valence-corrected chi connectivity index (χ1v) is 28.1. The molecule has 0 atom stereocenters. The molecule has 0 aliphatic rings. The van der Waals surface area contributed by atoms with E-state index >= 15 is 0 Å². The minimum Gasteiger partial charge on any atom is -0.354 e. The lowest BCUT2D eigenvalue weighted by Crippen LogP contribution is -2.12. The standard InChI is InChI=1S/C36H36N12O18S6/c1-3-37-31-43-33(47-35(45-31)41-25-17-22(67(49,50)51)10-13-27(25)69(55,56)57)39-21-9-8-20(29(16-21)71(61,62)63)7-5-19-6-12-24(30(15-19)72(64,65)66)40-34-44-32(38-4-2)46-36(48-34)42-26-18-23(68(52,53)54)11-14-28(26)70(58,59)60/h5-18H,3-4H2,1-2H3,(H,49,50,51)(H,52,53,54)(H,55,56,57)(H,58,59,60)(H,61,62,63)(H,64,65,66)(H3,37,39,41,43,45,47)(H3,38,40,42,44,46,48)/b7-5+. The van der Waals surface area contributed by atoms with E-state index in [0.717, 1.165) is 24.3 Å². The van der Waals surface area contributed by atoms with Crippen molar-refractivity contribution < 1.29 is 77.8 Å². The van der Waals surface area contributed by atoms with Crippen LogP contribution in [0.5, 0.6) is 0 Å². The molecule has 384 valence electrons. The summed E-state index contributed by atoms with van der Waals surface area (Å²) < 4.78 is 205. The molecule has 0 unspecified atom stereocenters. The van der Waals surface area contributed by atoms with E-state index in [4.69, 9.17) is 0 Å². The van der Waals surface area contributed by atoms with Gasteiger partial charge < -0.3 is 31.9 Å². The summed E-state index contributed by atoms with van der Waals surface area (Å²) in [5.41, 5.74) is -1.84. The Kier molecular flexibility index (Phi) is 15.5. The third-order valence-corrected chi connectivity index (χ3v) is 14.3. The smallest absolute Gasteiger partial charge is 0.296 e. The molecule has 0 radical (unpaired) electrons. The molecule has 0 spiro atoms. The quantitative estimate of drug-likeness (QED) is 0.0384. The number of hydrogen-bond acceptors (Lipinski definition) is 24. The molecule has 2 aromatic heterocycles. The van der Waals surface area contributed by atoms with Crippen molar-refractivity contribution in [3.63, 3.8) is 0 Å². The molecule has 72 heavy (non-hydrogen) atoms. The maximum absolute atomic E-state index is 12.7. The maximum Gasteiger partial charge on any atom is 0.296 e. The van der Waals surface area contributed by atoms with E-state index in [1.807, 2.05) is 0 Å². The molecule has 0 aliphatic heterocycles. The van der Waals surface area contributed by atoms with Gasteiger partial charge in [-0.3, -0.25) is 27.3 Å². The van der Waals surface area contributed by atoms with Crippen molar-refractivity contribution >= 4 is 131 Å². The van der Waals surface area contributed by atoms with Crippen LogP contribution in [-0.2, 0) is 60.7 Å². The number of nitrogens with zero attached hydrogens (tertiary/aromatic N) is 6. The molecule has 0 amide bonds. The van der Waals surface area contributed by atoms with E-state index in [2.05, 4.69) is 61.8 Å². The van der Waals surface area contributed by atoms with Gasteiger partial charge in [0.15, 0.2) is 0 Å². The summed E-state index contributed by atoms with van der Waals surface area (Å²) in [4.78, 5) is 19.7. The number of anilines is 10. The zero-order valence-electron chi connectivity index (χ0n) is 36.2. The molecule has 0 bridgehead atoms. The molecule has 0 saturated carbocycles. The van der Waals surface area contributed by atoms with Crippen molar-refractivity contribution in [2.45, 2.75) is 43.2 Å². The van der Waals surface area contributed by atoms with Gasteiger partial charge in [-0.25, -0.2) is 0 Å². The Labute approximate surface area is 409 Å². The zero-order chi connectivity index (χ0) is 53.2. The second-order valence-electron chi connectivity index (χ2n) is 14.2. The highest BCUT2D eigenvalue weighted by Crippen LogP contribution is 2.32. The topological polar surface area (TPSA) is 476 Å². The monoisotopic (exact) mass is 1120 g/mol. The summed E-state index contributed by atoms with van der Waals surface area (Å²) in [7, 11) is -29.9. The first kappa shape index (κ1) is 54.2. The Morgan fingerprint density at radius 2 is 0.792 bits per heavy atom. The zero-order valence-corrected chi connectivity index (χ0v) is 41.1. The van der Waals surface area contributed by atoms with Crippen LogP contribution in [0.2, 0.25) is 0 Å². The van der Waals surface area contributed by atoms with Gasteiger partial charge in [-0.1, -0.05) is 24.3 Å². The number of rotatable bonds is 20. The SMILES string of the molecule is CCNc1nc(Nc2ccc(/C=C/c3ccc(Nc4nc(NCC)nc(Nc5cc(S(=O)(=O)O)ccc5S(=O)(=O)O)n4)c(S(=O)(=O)O)c3)c(S(=O)(=O)O)c2)nc(Nc2cc(S(=O)(=O)O)ccc2S(=O)(=O)O)n1. The second-order valence-corrected chi connectivity index (χ2v) is 22.6. The van der Waals surface area contributed by atoms with E-state index in [0.29, 0.717) is 36.4 Å². The molecular weight excluding hydrogens is 1080 g/mol. The lowest BCUT2D eigenvalue weighted by Gasteiger charge is -2.14. The predicted molar refractivity (Wildman–Crippen MR) is 255 cm³/mol. The van der Waals surface area contributed by atoms with Gasteiger partial charge in [-0.05, 0) is 85.6 Å². The summed E-state index contributed by atoms with van der Waals surface area (Å²) in [5, 5.41) is 15.6. The molecule has 6 rings (SSSR count). The fourth-order valence-electron chi connectivity index (χ4n) is 6.04. The molecule has 0 saturated heterocycles. The molecule has 4 aromatic carbocycles. The maximum atomic E-state index is 12.7. The number of hydrogen-bond donors (Lipinski definition) is 12. The Morgan fingerprint density at radius 1 is 0.389 bits per heavy atom. The van der Waals surface area contributed by atoms with Crippen molar-refractivity contribution in [1.82, 2.24) is 29.9 Å². The van der Waals surface area contributed by atoms with Gasteiger partial charge >= 0.3 is 0 Å². The van der Waals surface area contributed by atoms with Gasteiger partial charge in [0, 0.05) is 18.8 Å². The third-order valence-electron chi connectivity index (χ3n) is 9.02. The molecule has 6 aromatic rings. The van der Waals surface area contributed by atoms with Gasteiger partial charge in [0.1, 0.15) is 19.6 Å². The summed E-state index contributed by atoms with van der Waals surface area (Å²) in [6.07, 6.45) is 2.34. The van der Waals surface area contributed by atoms with Crippen molar-refractivity contribution in [2.24, 2.45) is 0 Å². The summed E-state index contributed by atoms with van der Waals surface area (Å²) in [6.45, 7) is 3.70. The van der Waals surface area contributed by atoms with Gasteiger partial charge in [-0.2, -0.15) is 80.4 Å². The number of nitrogens with one attached hydrogen (secondary N) is 6. The minimum absolute atomic E-state index is 0.0138. The minimum atomic E-state index is -5.11. The van der Waals surface area contributed by atoms with E-state index in [1.54, 1.807) is 13.8 Å². The van der Waals surface area contributed by atoms with Crippen molar-refractivity contribution in [3.05, 3.63) is 83.9 Å². The highest BCUT2D eigenvalue weighted by molar-refractivity contribution is 7.87. The van der Waals surface area contributed by atoms with Gasteiger partial charge in [0.05, 0.1) is 26.9 Å². The Bertz CT molecular complexity index is 3870. The highest BCUT2D eigenvalue weighted by atomic mass is 32.2. The first-order valence-electron chi connectivity index (χ1n) is 19.5. The normalized spacial score (nSPS) is 12.6. The molecule has 12 N–H and O–H groups in total. The molecule has 30 nitrogen and oxygen atoms in total. The summed E-state index contributed by atoms with van der Waals surface area (Å²) in [5.74, 6) is -2.16. The van der Waals surface area contributed by atoms with Crippen molar-refractivity contribution in [1.29, 1.82) is 0 Å².